The zero-order valence-electron chi connectivity index (χ0n) is 10.8. The van der Waals surface area contributed by atoms with Crippen LogP contribution in [0.4, 0.5) is 5.69 Å². The van der Waals surface area contributed by atoms with Gasteiger partial charge in [-0.05, 0) is 19.4 Å². The molecule has 0 aliphatic carbocycles. The van der Waals surface area contributed by atoms with Crippen LogP contribution in [0.3, 0.4) is 0 Å². The summed E-state index contributed by atoms with van der Waals surface area (Å²) in [5, 5.41) is 21.7. The van der Waals surface area contributed by atoms with E-state index < -0.39 is 15.9 Å². The van der Waals surface area contributed by atoms with E-state index in [2.05, 4.69) is 0 Å². The van der Waals surface area contributed by atoms with Gasteiger partial charge >= 0.3 is 0 Å². The van der Waals surface area contributed by atoms with Gasteiger partial charge in [0.05, 0.1) is 10.3 Å². The molecule has 98 valence electrons. The minimum Gasteiger partial charge on any atom is -0.264 e. The van der Waals surface area contributed by atoms with Gasteiger partial charge in [-0.3, -0.25) is 20.2 Å². The molecular formula is C12H16N2O4. The molecule has 0 fully saturated rings. The second-order valence-electron chi connectivity index (χ2n) is 5.25. The lowest BCUT2D eigenvalue weighted by atomic mass is 9.70. The number of non-ortho nitro benzene ring substituents is 1. The Kier molecular flexibility index (Phi) is 3.41. The van der Waals surface area contributed by atoms with Crippen molar-refractivity contribution >= 4 is 5.69 Å². The molecule has 6 nitrogen and oxygen atoms in total. The molecular weight excluding hydrogens is 236 g/mol. The molecule has 0 aromatic heterocycles. The van der Waals surface area contributed by atoms with Crippen molar-refractivity contribution in [3.8, 4) is 0 Å². The molecule has 6 heteroatoms. The summed E-state index contributed by atoms with van der Waals surface area (Å²) in [5.41, 5.74) is -1.21. The predicted octanol–water partition coefficient (Wildman–Crippen LogP) is 2.93. The van der Waals surface area contributed by atoms with Crippen molar-refractivity contribution in [3.63, 3.8) is 0 Å². The number of hydrogen-bond acceptors (Lipinski definition) is 4. The normalized spacial score (nSPS) is 12.2. The number of rotatable bonds is 4. The highest BCUT2D eigenvalue weighted by atomic mass is 16.6. The minimum absolute atomic E-state index is 0.0199. The highest BCUT2D eigenvalue weighted by molar-refractivity contribution is 5.37. The standard InChI is InChI=1S/C12H16N2O4/c1-11(2,12(3,4)14(17)18)9-5-7-10(8-6-9)13(15)16/h5-8H,1-4H3. The number of hydrogen-bond donors (Lipinski definition) is 0. The summed E-state index contributed by atoms with van der Waals surface area (Å²) in [7, 11) is 0. The van der Waals surface area contributed by atoms with E-state index in [4.69, 9.17) is 0 Å². The van der Waals surface area contributed by atoms with Gasteiger partial charge in [-0.25, -0.2) is 0 Å². The Morgan fingerprint density at radius 2 is 1.39 bits per heavy atom. The summed E-state index contributed by atoms with van der Waals surface area (Å²) in [6.45, 7) is 6.62. The molecule has 0 amide bonds. The Morgan fingerprint density at radius 1 is 0.944 bits per heavy atom. The third-order valence-corrected chi connectivity index (χ3v) is 3.79. The number of nitro benzene ring substituents is 1. The smallest absolute Gasteiger partial charge is 0.264 e. The summed E-state index contributed by atoms with van der Waals surface area (Å²) < 4.78 is 0. The van der Waals surface area contributed by atoms with Gasteiger partial charge in [0.1, 0.15) is 0 Å². The number of nitro groups is 2. The van der Waals surface area contributed by atoms with Crippen LogP contribution in [0, 0.1) is 20.2 Å². The molecule has 0 aliphatic rings. The molecule has 0 spiro atoms. The summed E-state index contributed by atoms with van der Waals surface area (Å²) in [5.74, 6) is 0. The highest BCUT2D eigenvalue weighted by Crippen LogP contribution is 2.37. The average molecular weight is 252 g/mol. The molecule has 0 aliphatic heterocycles. The molecule has 0 saturated heterocycles. The van der Waals surface area contributed by atoms with E-state index >= 15 is 0 Å². The highest BCUT2D eigenvalue weighted by Gasteiger charge is 2.48. The third kappa shape index (κ3) is 2.18. The van der Waals surface area contributed by atoms with Crippen LogP contribution in [0.25, 0.3) is 0 Å². The molecule has 0 N–H and O–H groups in total. The Balaban J connectivity index is 3.20. The molecule has 1 rings (SSSR count). The maximum absolute atomic E-state index is 11.1. The minimum atomic E-state index is -1.16. The Hall–Kier alpha value is -1.98. The van der Waals surface area contributed by atoms with Gasteiger partial charge in [0.15, 0.2) is 0 Å². The maximum atomic E-state index is 11.1. The number of nitrogens with zero attached hydrogens (tertiary/aromatic N) is 2. The molecule has 0 atom stereocenters. The second-order valence-corrected chi connectivity index (χ2v) is 5.25. The summed E-state index contributed by atoms with van der Waals surface area (Å²) in [4.78, 5) is 20.9. The van der Waals surface area contributed by atoms with Crippen molar-refractivity contribution in [2.45, 2.75) is 38.6 Å². The van der Waals surface area contributed by atoms with Crippen molar-refractivity contribution in [1.82, 2.24) is 0 Å². The molecule has 0 heterocycles. The van der Waals surface area contributed by atoms with Gasteiger partial charge in [-0.1, -0.05) is 12.1 Å². The van der Waals surface area contributed by atoms with Gasteiger partial charge in [0.25, 0.3) is 5.69 Å². The van der Waals surface area contributed by atoms with Gasteiger partial charge in [0.2, 0.25) is 5.54 Å². The van der Waals surface area contributed by atoms with Crippen LogP contribution < -0.4 is 0 Å². The first-order valence-electron chi connectivity index (χ1n) is 5.50. The van der Waals surface area contributed by atoms with E-state index in [1.165, 1.54) is 12.1 Å². The van der Waals surface area contributed by atoms with E-state index in [9.17, 15) is 20.2 Å². The Labute approximate surface area is 105 Å². The molecule has 0 bridgehead atoms. The first-order valence-corrected chi connectivity index (χ1v) is 5.50. The van der Waals surface area contributed by atoms with Crippen molar-refractivity contribution < 1.29 is 9.85 Å². The van der Waals surface area contributed by atoms with E-state index in [0.29, 0.717) is 5.56 Å². The Bertz CT molecular complexity index is 477. The first kappa shape index (κ1) is 14.1. The van der Waals surface area contributed by atoms with Crippen LogP contribution in [0.1, 0.15) is 33.3 Å². The van der Waals surface area contributed by atoms with E-state index in [-0.39, 0.29) is 10.6 Å². The van der Waals surface area contributed by atoms with Gasteiger partial charge < -0.3 is 0 Å². The van der Waals surface area contributed by atoms with Gasteiger partial charge in [-0.2, -0.15) is 0 Å². The molecule has 0 saturated carbocycles. The van der Waals surface area contributed by atoms with Crippen LogP contribution in [-0.2, 0) is 5.41 Å². The monoisotopic (exact) mass is 252 g/mol. The third-order valence-electron chi connectivity index (χ3n) is 3.79. The molecule has 1 aromatic carbocycles. The van der Waals surface area contributed by atoms with Crippen molar-refractivity contribution in [2.75, 3.05) is 0 Å². The average Bonchev–Trinajstić information content (AvgIpc) is 2.28. The quantitative estimate of drug-likeness (QED) is 0.609. The fourth-order valence-corrected chi connectivity index (χ4v) is 1.58. The lowest BCUT2D eigenvalue weighted by Gasteiger charge is -2.34. The molecule has 18 heavy (non-hydrogen) atoms. The molecule has 0 unspecified atom stereocenters. The lowest BCUT2D eigenvalue weighted by molar-refractivity contribution is -0.573. The fraction of sp³-hybridized carbons (Fsp3) is 0.500. The van der Waals surface area contributed by atoms with Crippen LogP contribution in [0.15, 0.2) is 24.3 Å². The van der Waals surface area contributed by atoms with Crippen LogP contribution >= 0.6 is 0 Å². The van der Waals surface area contributed by atoms with Crippen LogP contribution in [-0.4, -0.2) is 15.4 Å². The molecule has 0 radical (unpaired) electrons. The van der Waals surface area contributed by atoms with Crippen LogP contribution in [0.2, 0.25) is 0 Å². The van der Waals surface area contributed by atoms with E-state index in [1.807, 2.05) is 0 Å². The zero-order chi connectivity index (χ0) is 14.1. The van der Waals surface area contributed by atoms with Gasteiger partial charge in [-0.15, -0.1) is 0 Å². The zero-order valence-corrected chi connectivity index (χ0v) is 10.8. The summed E-state index contributed by atoms with van der Waals surface area (Å²) in [6.07, 6.45) is 0. The SMILES string of the molecule is CC(C)(c1ccc([N+](=O)[O-])cc1)C(C)(C)[N+](=O)[O-]. The summed E-state index contributed by atoms with van der Waals surface area (Å²) in [6, 6.07) is 5.88. The second kappa shape index (κ2) is 4.36. The Morgan fingerprint density at radius 3 is 1.72 bits per heavy atom. The lowest BCUT2D eigenvalue weighted by Crippen LogP contribution is -2.48. The fourth-order valence-electron chi connectivity index (χ4n) is 1.58. The van der Waals surface area contributed by atoms with Crippen molar-refractivity contribution in [1.29, 1.82) is 0 Å². The van der Waals surface area contributed by atoms with Gasteiger partial charge in [0, 0.05) is 30.9 Å². The topological polar surface area (TPSA) is 86.3 Å². The van der Waals surface area contributed by atoms with E-state index in [0.717, 1.165) is 0 Å². The maximum Gasteiger partial charge on any atom is 0.269 e. The van der Waals surface area contributed by atoms with Crippen molar-refractivity contribution in [3.05, 3.63) is 50.1 Å². The first-order chi connectivity index (χ1) is 8.10. The van der Waals surface area contributed by atoms with E-state index in [1.54, 1.807) is 39.8 Å². The predicted molar refractivity (Wildman–Crippen MR) is 67.2 cm³/mol. The summed E-state index contributed by atoms with van der Waals surface area (Å²) >= 11 is 0. The largest absolute Gasteiger partial charge is 0.269 e. The van der Waals surface area contributed by atoms with Crippen LogP contribution in [0.5, 0.6) is 0 Å². The molecule has 1 aromatic rings. The van der Waals surface area contributed by atoms with Crippen molar-refractivity contribution in [2.24, 2.45) is 0 Å². The number of benzene rings is 1.